The van der Waals surface area contributed by atoms with Gasteiger partial charge in [0.1, 0.15) is 11.5 Å². The van der Waals surface area contributed by atoms with Crippen LogP contribution in [-0.2, 0) is 0 Å². The minimum absolute atomic E-state index is 0.0644. The van der Waals surface area contributed by atoms with Crippen LogP contribution in [0.15, 0.2) is 12.1 Å². The molecule has 0 amide bonds. The Morgan fingerprint density at radius 3 is 2.55 bits per heavy atom. The average Bonchev–Trinajstić information content (AvgIpc) is 2.41. The fraction of sp³-hybridized carbons (Fsp3) is 0.462. The highest BCUT2D eigenvalue weighted by Gasteiger charge is 2.24. The molecule has 0 aromatic heterocycles. The van der Waals surface area contributed by atoms with Crippen LogP contribution in [-0.4, -0.2) is 22.0 Å². The van der Waals surface area contributed by atoms with Gasteiger partial charge in [-0.2, -0.15) is 0 Å². The Labute approximate surface area is 114 Å². The quantitative estimate of drug-likeness (QED) is 0.653. The van der Waals surface area contributed by atoms with Crippen molar-refractivity contribution in [2.45, 2.75) is 38.1 Å². The zero-order chi connectivity index (χ0) is 14.7. The molecule has 0 bridgehead atoms. The summed E-state index contributed by atoms with van der Waals surface area (Å²) in [4.78, 5) is 21.1. The van der Waals surface area contributed by atoms with E-state index in [9.17, 15) is 19.3 Å². The second-order valence-corrected chi connectivity index (χ2v) is 4.89. The predicted octanol–water partition coefficient (Wildman–Crippen LogP) is 3.18. The van der Waals surface area contributed by atoms with Gasteiger partial charge in [-0.25, -0.2) is 9.18 Å². The minimum Gasteiger partial charge on any atom is -0.478 e. The van der Waals surface area contributed by atoms with Crippen molar-refractivity contribution in [2.24, 2.45) is 0 Å². The molecule has 0 aliphatic heterocycles. The first-order valence-electron chi connectivity index (χ1n) is 6.47. The van der Waals surface area contributed by atoms with E-state index in [0.29, 0.717) is 6.07 Å². The van der Waals surface area contributed by atoms with E-state index in [2.05, 4.69) is 5.32 Å². The van der Waals surface area contributed by atoms with Crippen LogP contribution < -0.4 is 5.32 Å². The fourth-order valence-corrected chi connectivity index (χ4v) is 2.46. The first kappa shape index (κ1) is 14.2. The molecule has 0 atom stereocenters. The van der Waals surface area contributed by atoms with Crippen LogP contribution >= 0.6 is 0 Å². The molecule has 0 heterocycles. The maximum absolute atomic E-state index is 13.5. The van der Waals surface area contributed by atoms with Gasteiger partial charge in [-0.1, -0.05) is 19.3 Å². The number of halogens is 1. The molecular formula is C13H15FN2O4. The first-order chi connectivity index (χ1) is 9.49. The molecule has 2 rings (SSSR count). The number of carbonyl (C=O) groups is 1. The van der Waals surface area contributed by atoms with E-state index >= 15 is 0 Å². The standard InChI is InChI=1S/C13H15FN2O4/c14-10-7-12(16(19)20)11(6-9(10)13(17)18)15-8-4-2-1-3-5-8/h6-8,15H,1-5H2,(H,17,18). The molecule has 2 N–H and O–H groups in total. The Morgan fingerprint density at radius 1 is 1.35 bits per heavy atom. The monoisotopic (exact) mass is 282 g/mol. The highest BCUT2D eigenvalue weighted by atomic mass is 19.1. The molecule has 20 heavy (non-hydrogen) atoms. The summed E-state index contributed by atoms with van der Waals surface area (Å²) >= 11 is 0. The topological polar surface area (TPSA) is 92.5 Å². The third-order valence-corrected chi connectivity index (χ3v) is 3.48. The Hall–Kier alpha value is -2.18. The number of nitro benzene ring substituents is 1. The average molecular weight is 282 g/mol. The smallest absolute Gasteiger partial charge is 0.338 e. The lowest BCUT2D eigenvalue weighted by molar-refractivity contribution is -0.384. The van der Waals surface area contributed by atoms with Crippen molar-refractivity contribution >= 4 is 17.3 Å². The molecule has 1 saturated carbocycles. The van der Waals surface area contributed by atoms with Gasteiger partial charge in [-0.3, -0.25) is 10.1 Å². The van der Waals surface area contributed by atoms with Crippen molar-refractivity contribution in [3.63, 3.8) is 0 Å². The summed E-state index contributed by atoms with van der Waals surface area (Å²) in [6, 6.07) is 1.73. The molecule has 1 fully saturated rings. The van der Waals surface area contributed by atoms with Crippen LogP contribution in [0.5, 0.6) is 0 Å². The summed E-state index contributed by atoms with van der Waals surface area (Å²) in [6.07, 6.45) is 4.93. The Balaban J connectivity index is 2.34. The second kappa shape index (κ2) is 5.85. The lowest BCUT2D eigenvalue weighted by atomic mass is 9.95. The number of nitrogens with zero attached hydrogens (tertiary/aromatic N) is 1. The number of rotatable bonds is 4. The second-order valence-electron chi connectivity index (χ2n) is 4.89. The predicted molar refractivity (Wildman–Crippen MR) is 70.5 cm³/mol. The summed E-state index contributed by atoms with van der Waals surface area (Å²) in [6.45, 7) is 0. The molecule has 0 saturated heterocycles. The number of aromatic carboxylic acids is 1. The van der Waals surface area contributed by atoms with Crippen LogP contribution in [0.4, 0.5) is 15.8 Å². The molecule has 108 valence electrons. The highest BCUT2D eigenvalue weighted by molar-refractivity contribution is 5.90. The third-order valence-electron chi connectivity index (χ3n) is 3.48. The van der Waals surface area contributed by atoms with Crippen molar-refractivity contribution in [3.05, 3.63) is 33.6 Å². The third kappa shape index (κ3) is 3.04. The molecule has 0 spiro atoms. The zero-order valence-electron chi connectivity index (χ0n) is 10.8. The van der Waals surface area contributed by atoms with Crippen molar-refractivity contribution in [3.8, 4) is 0 Å². The molecular weight excluding hydrogens is 267 g/mol. The van der Waals surface area contributed by atoms with Gasteiger partial charge >= 0.3 is 5.97 Å². The lowest BCUT2D eigenvalue weighted by Gasteiger charge is -2.23. The van der Waals surface area contributed by atoms with Crippen LogP contribution in [0.3, 0.4) is 0 Å². The Kier molecular flexibility index (Phi) is 4.16. The molecule has 1 aromatic rings. The van der Waals surface area contributed by atoms with Crippen LogP contribution in [0, 0.1) is 15.9 Å². The lowest BCUT2D eigenvalue weighted by Crippen LogP contribution is -2.23. The van der Waals surface area contributed by atoms with Gasteiger partial charge in [0.05, 0.1) is 16.6 Å². The number of nitro groups is 1. The van der Waals surface area contributed by atoms with Crippen molar-refractivity contribution < 1.29 is 19.2 Å². The van der Waals surface area contributed by atoms with Crippen LogP contribution in [0.2, 0.25) is 0 Å². The van der Waals surface area contributed by atoms with E-state index in [1.165, 1.54) is 0 Å². The molecule has 6 nitrogen and oxygen atoms in total. The maximum Gasteiger partial charge on any atom is 0.338 e. The number of anilines is 1. The summed E-state index contributed by atoms with van der Waals surface area (Å²) in [5.41, 5.74) is -0.923. The molecule has 1 aromatic carbocycles. The Morgan fingerprint density at radius 2 is 2.00 bits per heavy atom. The highest BCUT2D eigenvalue weighted by Crippen LogP contribution is 2.31. The number of carboxylic acid groups (broad SMARTS) is 1. The number of hydrogen-bond acceptors (Lipinski definition) is 4. The van der Waals surface area contributed by atoms with E-state index in [1.807, 2.05) is 0 Å². The van der Waals surface area contributed by atoms with E-state index in [4.69, 9.17) is 5.11 Å². The van der Waals surface area contributed by atoms with Gasteiger partial charge in [0.25, 0.3) is 5.69 Å². The summed E-state index contributed by atoms with van der Waals surface area (Å²) in [5.74, 6) is -2.54. The molecule has 0 unspecified atom stereocenters. The largest absolute Gasteiger partial charge is 0.478 e. The summed E-state index contributed by atoms with van der Waals surface area (Å²) in [7, 11) is 0. The van der Waals surface area contributed by atoms with E-state index < -0.39 is 28.0 Å². The van der Waals surface area contributed by atoms with Gasteiger partial charge in [0.15, 0.2) is 0 Å². The first-order valence-corrected chi connectivity index (χ1v) is 6.47. The SMILES string of the molecule is O=C(O)c1cc(NC2CCCCC2)c([N+](=O)[O-])cc1F. The minimum atomic E-state index is -1.44. The van der Waals surface area contributed by atoms with E-state index in [-0.39, 0.29) is 11.7 Å². The van der Waals surface area contributed by atoms with Gasteiger partial charge in [0, 0.05) is 6.04 Å². The molecule has 1 aliphatic carbocycles. The molecule has 0 radical (unpaired) electrons. The molecule has 7 heteroatoms. The number of carboxylic acids is 1. The van der Waals surface area contributed by atoms with Gasteiger partial charge in [-0.05, 0) is 18.9 Å². The summed E-state index contributed by atoms with van der Waals surface area (Å²) < 4.78 is 13.5. The summed E-state index contributed by atoms with van der Waals surface area (Å²) in [5, 5.41) is 22.8. The van der Waals surface area contributed by atoms with E-state index in [0.717, 1.165) is 38.2 Å². The number of benzene rings is 1. The van der Waals surface area contributed by atoms with Gasteiger partial charge < -0.3 is 10.4 Å². The maximum atomic E-state index is 13.5. The van der Waals surface area contributed by atoms with Crippen molar-refractivity contribution in [1.82, 2.24) is 0 Å². The van der Waals surface area contributed by atoms with Gasteiger partial charge in [0.2, 0.25) is 0 Å². The number of nitrogens with one attached hydrogen (secondary N) is 1. The Bertz CT molecular complexity index is 541. The normalized spacial score (nSPS) is 15.8. The zero-order valence-corrected chi connectivity index (χ0v) is 10.8. The van der Waals surface area contributed by atoms with Crippen LogP contribution in [0.25, 0.3) is 0 Å². The number of hydrogen-bond donors (Lipinski definition) is 2. The van der Waals surface area contributed by atoms with Crippen molar-refractivity contribution in [1.29, 1.82) is 0 Å². The van der Waals surface area contributed by atoms with Gasteiger partial charge in [-0.15, -0.1) is 0 Å². The molecule has 1 aliphatic rings. The fourth-order valence-electron chi connectivity index (χ4n) is 2.46. The van der Waals surface area contributed by atoms with E-state index in [1.54, 1.807) is 0 Å². The van der Waals surface area contributed by atoms with Crippen molar-refractivity contribution in [2.75, 3.05) is 5.32 Å². The van der Waals surface area contributed by atoms with Crippen LogP contribution in [0.1, 0.15) is 42.5 Å².